The minimum absolute atomic E-state index is 0.194. The lowest BCUT2D eigenvalue weighted by molar-refractivity contribution is -0.122. The average Bonchev–Trinajstić information content (AvgIpc) is 3.14. The summed E-state index contributed by atoms with van der Waals surface area (Å²) in [5.74, 6) is -0.414. The largest absolute Gasteiger partial charge is 0.350 e. The van der Waals surface area contributed by atoms with Gasteiger partial charge in [0.1, 0.15) is 6.04 Å². The van der Waals surface area contributed by atoms with Crippen molar-refractivity contribution in [2.45, 2.75) is 33.0 Å². The molecule has 0 bridgehead atoms. The molecule has 2 rings (SSSR count). The van der Waals surface area contributed by atoms with E-state index in [1.54, 1.807) is 13.0 Å². The molecule has 0 spiro atoms. The van der Waals surface area contributed by atoms with Crippen LogP contribution in [0, 0.1) is 0 Å². The zero-order chi connectivity index (χ0) is 18.2. The molecule has 134 valence electrons. The van der Waals surface area contributed by atoms with Crippen LogP contribution < -0.4 is 10.6 Å². The molecule has 2 aromatic rings. The minimum Gasteiger partial charge on any atom is -0.350 e. The monoisotopic (exact) mass is 359 g/mol. The van der Waals surface area contributed by atoms with Crippen LogP contribution in [0.1, 0.15) is 34.6 Å². The third-order valence-electron chi connectivity index (χ3n) is 3.94. The van der Waals surface area contributed by atoms with Crippen LogP contribution in [0.3, 0.4) is 0 Å². The molecule has 0 fully saturated rings. The highest BCUT2D eigenvalue weighted by atomic mass is 32.1. The van der Waals surface area contributed by atoms with Gasteiger partial charge in [0, 0.05) is 13.1 Å². The van der Waals surface area contributed by atoms with Crippen molar-refractivity contribution in [3.63, 3.8) is 0 Å². The zero-order valence-electron chi connectivity index (χ0n) is 14.9. The van der Waals surface area contributed by atoms with Crippen molar-refractivity contribution in [2.75, 3.05) is 13.6 Å². The molecule has 2 amide bonds. The molecule has 6 heteroatoms. The topological polar surface area (TPSA) is 61.4 Å². The Balaban J connectivity index is 1.84. The lowest BCUT2D eigenvalue weighted by atomic mass is 10.1. The molecule has 1 heterocycles. The van der Waals surface area contributed by atoms with Crippen molar-refractivity contribution in [1.82, 2.24) is 15.5 Å². The van der Waals surface area contributed by atoms with Crippen molar-refractivity contribution < 1.29 is 9.59 Å². The van der Waals surface area contributed by atoms with Crippen LogP contribution in [-0.4, -0.2) is 36.3 Å². The van der Waals surface area contributed by atoms with Gasteiger partial charge in [-0.25, -0.2) is 0 Å². The van der Waals surface area contributed by atoms with E-state index < -0.39 is 6.04 Å². The van der Waals surface area contributed by atoms with E-state index in [4.69, 9.17) is 0 Å². The molecule has 1 aromatic carbocycles. The van der Waals surface area contributed by atoms with Crippen LogP contribution in [0.4, 0.5) is 0 Å². The molecule has 25 heavy (non-hydrogen) atoms. The van der Waals surface area contributed by atoms with E-state index in [2.05, 4.69) is 41.6 Å². The summed E-state index contributed by atoms with van der Waals surface area (Å²) >= 11 is 1.36. The van der Waals surface area contributed by atoms with E-state index in [1.165, 1.54) is 16.9 Å². The van der Waals surface area contributed by atoms with Crippen molar-refractivity contribution in [1.29, 1.82) is 0 Å². The molecule has 1 aromatic heterocycles. The first kappa shape index (κ1) is 19.1. The van der Waals surface area contributed by atoms with Gasteiger partial charge in [-0.2, -0.15) is 0 Å². The Labute approximate surface area is 153 Å². The number of thiophene rings is 1. The summed E-state index contributed by atoms with van der Waals surface area (Å²) in [4.78, 5) is 27.0. The molecule has 1 atom stereocenters. The van der Waals surface area contributed by atoms with E-state index in [9.17, 15) is 9.59 Å². The van der Waals surface area contributed by atoms with Crippen LogP contribution in [0.15, 0.2) is 41.8 Å². The van der Waals surface area contributed by atoms with E-state index in [0.717, 1.165) is 18.7 Å². The van der Waals surface area contributed by atoms with Gasteiger partial charge in [-0.05, 0) is 43.1 Å². The fraction of sp³-hybridized carbons (Fsp3) is 0.368. The number of benzene rings is 1. The van der Waals surface area contributed by atoms with Gasteiger partial charge < -0.3 is 15.5 Å². The van der Waals surface area contributed by atoms with Gasteiger partial charge in [-0.3, -0.25) is 9.59 Å². The summed E-state index contributed by atoms with van der Waals surface area (Å²) in [5, 5.41) is 7.43. The Hall–Kier alpha value is -2.18. The Morgan fingerprint density at radius 1 is 1.20 bits per heavy atom. The molecule has 1 unspecified atom stereocenters. The molecule has 0 saturated heterocycles. The highest BCUT2D eigenvalue weighted by molar-refractivity contribution is 7.12. The fourth-order valence-electron chi connectivity index (χ4n) is 2.34. The number of nitrogens with zero attached hydrogens (tertiary/aromatic N) is 1. The lowest BCUT2D eigenvalue weighted by Crippen LogP contribution is -2.44. The minimum atomic E-state index is -0.580. The quantitative estimate of drug-likeness (QED) is 0.762. The van der Waals surface area contributed by atoms with Crippen LogP contribution in [0.5, 0.6) is 0 Å². The molecule has 5 nitrogen and oxygen atoms in total. The van der Waals surface area contributed by atoms with Gasteiger partial charge >= 0.3 is 0 Å². The van der Waals surface area contributed by atoms with Gasteiger partial charge in [0.15, 0.2) is 0 Å². The molecule has 0 aliphatic rings. The van der Waals surface area contributed by atoms with Crippen molar-refractivity contribution in [3.8, 4) is 0 Å². The average molecular weight is 359 g/mol. The van der Waals surface area contributed by atoms with Crippen molar-refractivity contribution in [2.24, 2.45) is 0 Å². The summed E-state index contributed by atoms with van der Waals surface area (Å²) in [6.07, 6.45) is 0. The van der Waals surface area contributed by atoms with Gasteiger partial charge in [0.05, 0.1) is 4.88 Å². The number of rotatable bonds is 8. The Kier molecular flexibility index (Phi) is 7.16. The summed E-state index contributed by atoms with van der Waals surface area (Å²) in [6, 6.07) is 11.1. The third kappa shape index (κ3) is 5.99. The maximum atomic E-state index is 12.2. The van der Waals surface area contributed by atoms with Gasteiger partial charge in [0.2, 0.25) is 5.91 Å². The standard InChI is InChI=1S/C19H25N3O2S/c1-4-22(3)13-16-8-5-7-15(11-16)12-20-18(23)14(2)21-19(24)17-9-6-10-25-17/h5-11,14H,4,12-13H2,1-3H3,(H,20,23)(H,21,24). The number of carbonyl (C=O) groups is 2. The molecule has 2 N–H and O–H groups in total. The van der Waals surface area contributed by atoms with Crippen LogP contribution in [0.25, 0.3) is 0 Å². The number of hydrogen-bond donors (Lipinski definition) is 2. The van der Waals surface area contributed by atoms with E-state index in [1.807, 2.05) is 23.6 Å². The Morgan fingerprint density at radius 2 is 1.96 bits per heavy atom. The first-order valence-corrected chi connectivity index (χ1v) is 9.26. The van der Waals surface area contributed by atoms with Crippen molar-refractivity contribution >= 4 is 23.2 Å². The van der Waals surface area contributed by atoms with Gasteiger partial charge in [-0.15, -0.1) is 11.3 Å². The smallest absolute Gasteiger partial charge is 0.261 e. The first-order chi connectivity index (χ1) is 12.0. The second-order valence-corrected chi connectivity index (χ2v) is 6.99. The Bertz CT molecular complexity index is 700. The molecular weight excluding hydrogens is 334 g/mol. The van der Waals surface area contributed by atoms with Gasteiger partial charge in [-0.1, -0.05) is 37.3 Å². The van der Waals surface area contributed by atoms with Crippen LogP contribution in [0.2, 0.25) is 0 Å². The Morgan fingerprint density at radius 3 is 2.64 bits per heavy atom. The SMILES string of the molecule is CCN(C)Cc1cccc(CNC(=O)C(C)NC(=O)c2cccs2)c1. The molecule has 0 radical (unpaired) electrons. The molecular formula is C19H25N3O2S. The molecule has 0 saturated carbocycles. The fourth-order valence-corrected chi connectivity index (χ4v) is 2.97. The predicted octanol–water partition coefficient (Wildman–Crippen LogP) is 2.63. The number of amides is 2. The van der Waals surface area contributed by atoms with Gasteiger partial charge in [0.25, 0.3) is 5.91 Å². The first-order valence-electron chi connectivity index (χ1n) is 8.38. The van der Waals surface area contributed by atoms with Crippen molar-refractivity contribution in [3.05, 3.63) is 57.8 Å². The maximum absolute atomic E-state index is 12.2. The van der Waals surface area contributed by atoms with Crippen LogP contribution >= 0.6 is 11.3 Å². The van der Waals surface area contributed by atoms with E-state index in [-0.39, 0.29) is 11.8 Å². The normalized spacial score (nSPS) is 12.0. The summed E-state index contributed by atoms with van der Waals surface area (Å²) < 4.78 is 0. The summed E-state index contributed by atoms with van der Waals surface area (Å²) in [7, 11) is 2.08. The van der Waals surface area contributed by atoms with E-state index in [0.29, 0.717) is 11.4 Å². The summed E-state index contributed by atoms with van der Waals surface area (Å²) in [6.45, 7) is 6.12. The predicted molar refractivity (Wildman–Crippen MR) is 102 cm³/mol. The zero-order valence-corrected chi connectivity index (χ0v) is 15.7. The highest BCUT2D eigenvalue weighted by Gasteiger charge is 2.16. The number of carbonyl (C=O) groups excluding carboxylic acids is 2. The molecule has 0 aliphatic carbocycles. The maximum Gasteiger partial charge on any atom is 0.261 e. The highest BCUT2D eigenvalue weighted by Crippen LogP contribution is 2.09. The van der Waals surface area contributed by atoms with E-state index >= 15 is 0 Å². The molecule has 0 aliphatic heterocycles. The number of hydrogen-bond acceptors (Lipinski definition) is 4. The summed E-state index contributed by atoms with van der Waals surface area (Å²) in [5.41, 5.74) is 2.27. The third-order valence-corrected chi connectivity index (χ3v) is 4.80. The van der Waals surface area contributed by atoms with Crippen LogP contribution in [-0.2, 0) is 17.9 Å². The second-order valence-electron chi connectivity index (χ2n) is 6.04. The number of nitrogens with one attached hydrogen (secondary N) is 2. The lowest BCUT2D eigenvalue weighted by Gasteiger charge is -2.16. The second kappa shape index (κ2) is 9.34.